The number of piperazine rings is 1. The van der Waals surface area contributed by atoms with Crippen molar-refractivity contribution in [2.24, 2.45) is 7.05 Å². The number of nitrogens with one attached hydrogen (secondary N) is 2. The predicted molar refractivity (Wildman–Crippen MR) is 72.1 cm³/mol. The van der Waals surface area contributed by atoms with Gasteiger partial charge in [0.2, 0.25) is 0 Å². The van der Waals surface area contributed by atoms with Gasteiger partial charge in [-0.2, -0.15) is 5.10 Å². The fraction of sp³-hybridized carbons (Fsp3) is 0.636. The molecule has 6 nitrogen and oxygen atoms in total. The summed E-state index contributed by atoms with van der Waals surface area (Å²) in [7, 11) is 1.80. The van der Waals surface area contributed by atoms with Crippen LogP contribution in [-0.4, -0.2) is 59.9 Å². The van der Waals surface area contributed by atoms with Crippen molar-refractivity contribution in [3.05, 3.63) is 18.0 Å². The molecule has 1 aliphatic heterocycles. The zero-order valence-corrected chi connectivity index (χ0v) is 11.4. The van der Waals surface area contributed by atoms with E-state index in [-0.39, 0.29) is 18.3 Å². The van der Waals surface area contributed by atoms with Crippen molar-refractivity contribution in [1.29, 1.82) is 0 Å². The molecule has 102 valence electrons. The topological polar surface area (TPSA) is 62.2 Å². The summed E-state index contributed by atoms with van der Waals surface area (Å²) >= 11 is 0. The van der Waals surface area contributed by atoms with E-state index in [1.54, 1.807) is 24.1 Å². The summed E-state index contributed by atoms with van der Waals surface area (Å²) < 4.78 is 1.63. The van der Waals surface area contributed by atoms with Crippen molar-refractivity contribution >= 4 is 18.3 Å². The molecular formula is C11H20ClN5O. The van der Waals surface area contributed by atoms with Crippen molar-refractivity contribution in [2.45, 2.75) is 0 Å². The first kappa shape index (κ1) is 14.9. The van der Waals surface area contributed by atoms with Gasteiger partial charge in [-0.15, -0.1) is 12.4 Å². The number of nitrogens with zero attached hydrogens (tertiary/aromatic N) is 3. The second-order valence-corrected chi connectivity index (χ2v) is 4.25. The molecule has 18 heavy (non-hydrogen) atoms. The monoisotopic (exact) mass is 273 g/mol. The van der Waals surface area contributed by atoms with E-state index in [0.717, 1.165) is 32.7 Å². The van der Waals surface area contributed by atoms with E-state index in [1.807, 2.05) is 0 Å². The summed E-state index contributed by atoms with van der Waals surface area (Å²) in [5.74, 6) is -0.0479. The fourth-order valence-electron chi connectivity index (χ4n) is 1.90. The number of amides is 1. The van der Waals surface area contributed by atoms with E-state index >= 15 is 0 Å². The summed E-state index contributed by atoms with van der Waals surface area (Å²) in [6.07, 6.45) is 3.31. The molecule has 0 saturated carbocycles. The van der Waals surface area contributed by atoms with Gasteiger partial charge in [0, 0.05) is 52.5 Å². The van der Waals surface area contributed by atoms with Crippen LogP contribution in [0.15, 0.2) is 12.4 Å². The van der Waals surface area contributed by atoms with Crippen LogP contribution in [-0.2, 0) is 7.05 Å². The first-order valence-electron chi connectivity index (χ1n) is 5.95. The summed E-state index contributed by atoms with van der Waals surface area (Å²) in [5.41, 5.74) is 0.618. The maximum Gasteiger partial charge on any atom is 0.254 e. The van der Waals surface area contributed by atoms with Gasteiger partial charge >= 0.3 is 0 Å². The van der Waals surface area contributed by atoms with Gasteiger partial charge in [0.15, 0.2) is 0 Å². The molecule has 2 N–H and O–H groups in total. The summed E-state index contributed by atoms with van der Waals surface area (Å²) in [6.45, 7) is 5.79. The number of halogens is 1. The third-order valence-electron chi connectivity index (χ3n) is 2.89. The maximum atomic E-state index is 11.7. The van der Waals surface area contributed by atoms with Gasteiger partial charge in [0.1, 0.15) is 0 Å². The number of hydrogen-bond acceptors (Lipinski definition) is 4. The Kier molecular flexibility index (Phi) is 6.11. The van der Waals surface area contributed by atoms with Crippen LogP contribution in [0.4, 0.5) is 0 Å². The molecular weight excluding hydrogens is 254 g/mol. The molecule has 0 atom stereocenters. The average Bonchev–Trinajstić information content (AvgIpc) is 2.77. The summed E-state index contributed by atoms with van der Waals surface area (Å²) in [6, 6.07) is 0. The highest BCUT2D eigenvalue weighted by Crippen LogP contribution is 1.95. The number of aryl methyl sites for hydroxylation is 1. The Bertz CT molecular complexity index is 375. The first-order chi connectivity index (χ1) is 8.25. The molecule has 1 saturated heterocycles. The first-order valence-corrected chi connectivity index (χ1v) is 5.95. The fourth-order valence-corrected chi connectivity index (χ4v) is 1.90. The van der Waals surface area contributed by atoms with Crippen LogP contribution in [0.2, 0.25) is 0 Å². The normalized spacial score (nSPS) is 16.1. The molecule has 1 fully saturated rings. The number of carbonyl (C=O) groups excluding carboxylic acids is 1. The van der Waals surface area contributed by atoms with Crippen LogP contribution < -0.4 is 10.6 Å². The second kappa shape index (κ2) is 7.35. The molecule has 0 aliphatic carbocycles. The van der Waals surface area contributed by atoms with Gasteiger partial charge in [-0.1, -0.05) is 0 Å². The highest BCUT2D eigenvalue weighted by molar-refractivity contribution is 5.93. The third kappa shape index (κ3) is 4.29. The average molecular weight is 274 g/mol. The summed E-state index contributed by atoms with van der Waals surface area (Å²) in [5, 5.41) is 10.2. The molecule has 0 unspecified atom stereocenters. The number of carbonyl (C=O) groups is 1. The lowest BCUT2D eigenvalue weighted by Gasteiger charge is -2.26. The van der Waals surface area contributed by atoms with Crippen molar-refractivity contribution < 1.29 is 4.79 Å². The quantitative estimate of drug-likeness (QED) is 0.775. The van der Waals surface area contributed by atoms with Crippen LogP contribution in [0, 0.1) is 0 Å². The number of hydrogen-bond donors (Lipinski definition) is 2. The Morgan fingerprint density at radius 1 is 1.50 bits per heavy atom. The lowest BCUT2D eigenvalue weighted by atomic mass is 10.3. The second-order valence-electron chi connectivity index (χ2n) is 4.25. The zero-order valence-electron chi connectivity index (χ0n) is 10.6. The molecule has 0 bridgehead atoms. The Labute approximate surface area is 113 Å². The van der Waals surface area contributed by atoms with Gasteiger partial charge in [-0.25, -0.2) is 0 Å². The van der Waals surface area contributed by atoms with E-state index in [4.69, 9.17) is 0 Å². The molecule has 1 aromatic heterocycles. The van der Waals surface area contributed by atoms with E-state index in [0.29, 0.717) is 12.1 Å². The third-order valence-corrected chi connectivity index (χ3v) is 2.89. The lowest BCUT2D eigenvalue weighted by Crippen LogP contribution is -2.46. The van der Waals surface area contributed by atoms with Crippen LogP contribution in [0.3, 0.4) is 0 Å². The molecule has 0 radical (unpaired) electrons. The van der Waals surface area contributed by atoms with Crippen LogP contribution in [0.5, 0.6) is 0 Å². The highest BCUT2D eigenvalue weighted by atomic mass is 35.5. The minimum atomic E-state index is -0.0479. The predicted octanol–water partition coefficient (Wildman–Crippen LogP) is -0.523. The molecule has 7 heteroatoms. The van der Waals surface area contributed by atoms with E-state index < -0.39 is 0 Å². The number of aromatic nitrogens is 2. The molecule has 2 heterocycles. The van der Waals surface area contributed by atoms with Gasteiger partial charge in [0.25, 0.3) is 5.91 Å². The Morgan fingerprint density at radius 2 is 2.22 bits per heavy atom. The minimum Gasteiger partial charge on any atom is -0.351 e. The van der Waals surface area contributed by atoms with E-state index in [2.05, 4.69) is 20.6 Å². The van der Waals surface area contributed by atoms with E-state index in [1.165, 1.54) is 0 Å². The SMILES string of the molecule is Cl.Cn1cc(C(=O)NCCN2CCNCC2)cn1. The highest BCUT2D eigenvalue weighted by Gasteiger charge is 2.10. The largest absolute Gasteiger partial charge is 0.351 e. The van der Waals surface area contributed by atoms with Crippen LogP contribution >= 0.6 is 12.4 Å². The lowest BCUT2D eigenvalue weighted by molar-refractivity contribution is 0.0947. The molecule has 1 aromatic rings. The summed E-state index contributed by atoms with van der Waals surface area (Å²) in [4.78, 5) is 14.1. The van der Waals surface area contributed by atoms with Gasteiger partial charge < -0.3 is 10.6 Å². The van der Waals surface area contributed by atoms with Crippen molar-refractivity contribution in [2.75, 3.05) is 39.3 Å². The molecule has 0 spiro atoms. The van der Waals surface area contributed by atoms with Crippen molar-refractivity contribution in [1.82, 2.24) is 25.3 Å². The molecule has 0 aromatic carbocycles. The minimum absolute atomic E-state index is 0. The molecule has 2 rings (SSSR count). The Morgan fingerprint density at radius 3 is 2.83 bits per heavy atom. The van der Waals surface area contributed by atoms with Crippen LogP contribution in [0.25, 0.3) is 0 Å². The van der Waals surface area contributed by atoms with Gasteiger partial charge in [-0.05, 0) is 0 Å². The molecule has 1 amide bonds. The zero-order chi connectivity index (χ0) is 12.1. The van der Waals surface area contributed by atoms with Gasteiger partial charge in [-0.3, -0.25) is 14.4 Å². The van der Waals surface area contributed by atoms with Crippen LogP contribution in [0.1, 0.15) is 10.4 Å². The van der Waals surface area contributed by atoms with Crippen molar-refractivity contribution in [3.63, 3.8) is 0 Å². The maximum absolute atomic E-state index is 11.7. The Hall–Kier alpha value is -1.11. The standard InChI is InChI=1S/C11H19N5O.ClH/c1-15-9-10(8-14-15)11(17)13-4-7-16-5-2-12-3-6-16;/h8-9,12H,2-7H2,1H3,(H,13,17);1H. The smallest absolute Gasteiger partial charge is 0.254 e. The van der Waals surface area contributed by atoms with Crippen molar-refractivity contribution in [3.8, 4) is 0 Å². The molecule has 1 aliphatic rings. The van der Waals surface area contributed by atoms with E-state index in [9.17, 15) is 4.79 Å². The number of rotatable bonds is 4. The Balaban J connectivity index is 0.00000162. The van der Waals surface area contributed by atoms with Gasteiger partial charge in [0.05, 0.1) is 11.8 Å².